The van der Waals surface area contributed by atoms with E-state index in [9.17, 15) is 5.11 Å². The minimum atomic E-state index is -0.280. The fourth-order valence-electron chi connectivity index (χ4n) is 1.56. The van der Waals surface area contributed by atoms with Crippen molar-refractivity contribution in [2.45, 2.75) is 51.0 Å². The van der Waals surface area contributed by atoms with Crippen LogP contribution in [0.15, 0.2) is 0 Å². The van der Waals surface area contributed by atoms with Crippen molar-refractivity contribution < 1.29 is 37.8 Å². The van der Waals surface area contributed by atoms with Gasteiger partial charge in [0.15, 0.2) is 0 Å². The topological polar surface area (TPSA) is 20.2 Å². The summed E-state index contributed by atoms with van der Waals surface area (Å²) >= 11 is 0. The largest absolute Gasteiger partial charge is 0.390 e. The Hall–Kier alpha value is 1.06. The second kappa shape index (κ2) is 4.84. The summed E-state index contributed by atoms with van der Waals surface area (Å²) in [5.41, 5.74) is -0.280. The van der Waals surface area contributed by atoms with Crippen LogP contribution in [0.4, 0.5) is 0 Å². The van der Waals surface area contributed by atoms with Crippen LogP contribution in [0.2, 0.25) is 0 Å². The molecule has 1 saturated carbocycles. The maximum Gasteiger partial charge on any atom is 0.0645 e. The van der Waals surface area contributed by atoms with Crippen LogP contribution in [0.25, 0.3) is 0 Å². The molecule has 1 fully saturated rings. The summed E-state index contributed by atoms with van der Waals surface area (Å²) in [6.07, 6.45) is 6.77. The van der Waals surface area contributed by atoms with Gasteiger partial charge in [0.05, 0.1) is 5.60 Å². The first-order valence-corrected chi connectivity index (χ1v) is 3.99. The number of rotatable bonds is 1. The van der Waals surface area contributed by atoms with Gasteiger partial charge in [0.2, 0.25) is 0 Å². The van der Waals surface area contributed by atoms with Crippen LogP contribution in [-0.4, -0.2) is 10.7 Å². The molecule has 1 N–H and O–H groups in total. The monoisotopic (exact) mass is 217 g/mol. The van der Waals surface area contributed by atoms with E-state index in [0.717, 1.165) is 19.3 Å². The molecular weight excluding hydrogens is 201 g/mol. The Labute approximate surface area is 88.5 Å². The van der Waals surface area contributed by atoms with Crippen molar-refractivity contribution in [1.82, 2.24) is 0 Å². The molecule has 1 rings (SSSR count). The molecule has 57 valence electrons. The van der Waals surface area contributed by atoms with Crippen molar-refractivity contribution in [3.8, 4) is 0 Å². The normalized spacial score (nSPS) is 23.4. The van der Waals surface area contributed by atoms with Gasteiger partial charge in [0, 0.05) is 32.7 Å². The van der Waals surface area contributed by atoms with E-state index in [-0.39, 0.29) is 38.3 Å². The van der Waals surface area contributed by atoms with Gasteiger partial charge in [0.1, 0.15) is 0 Å². The molecule has 0 aromatic heterocycles. The number of hydrogen-bond acceptors (Lipinski definition) is 1. The summed E-state index contributed by atoms with van der Waals surface area (Å²) in [7, 11) is 0. The van der Waals surface area contributed by atoms with Gasteiger partial charge >= 0.3 is 0 Å². The maximum atomic E-state index is 9.68. The van der Waals surface area contributed by atoms with Crippen LogP contribution < -0.4 is 0 Å². The van der Waals surface area contributed by atoms with Crippen molar-refractivity contribution >= 4 is 0 Å². The molecule has 0 aromatic rings. The van der Waals surface area contributed by atoms with E-state index in [0.29, 0.717) is 0 Å². The van der Waals surface area contributed by atoms with E-state index in [1.54, 1.807) is 0 Å². The SMILES string of the molecule is CCC1(O)CCCCC1.[Y]. The predicted octanol–water partition coefficient (Wildman–Crippen LogP) is 2.09. The zero-order chi connectivity index (χ0) is 6.74. The molecule has 0 aromatic carbocycles. The van der Waals surface area contributed by atoms with Gasteiger partial charge in [-0.2, -0.15) is 0 Å². The van der Waals surface area contributed by atoms with Crippen LogP contribution in [0.3, 0.4) is 0 Å². The number of hydrogen-bond donors (Lipinski definition) is 1. The average molecular weight is 217 g/mol. The van der Waals surface area contributed by atoms with Crippen LogP contribution in [0, 0.1) is 0 Å². The fourth-order valence-corrected chi connectivity index (χ4v) is 1.56. The zero-order valence-electron chi connectivity index (χ0n) is 6.77. The van der Waals surface area contributed by atoms with E-state index in [4.69, 9.17) is 0 Å². The third-order valence-electron chi connectivity index (χ3n) is 2.44. The van der Waals surface area contributed by atoms with Gasteiger partial charge in [-0.15, -0.1) is 0 Å². The van der Waals surface area contributed by atoms with Gasteiger partial charge in [-0.25, -0.2) is 0 Å². The van der Waals surface area contributed by atoms with E-state index in [2.05, 4.69) is 6.92 Å². The molecule has 0 aliphatic heterocycles. The molecule has 0 amide bonds. The predicted molar refractivity (Wildman–Crippen MR) is 38.3 cm³/mol. The van der Waals surface area contributed by atoms with Crippen LogP contribution in [0.5, 0.6) is 0 Å². The molecule has 2 heteroatoms. The summed E-state index contributed by atoms with van der Waals surface area (Å²) in [4.78, 5) is 0. The van der Waals surface area contributed by atoms with E-state index >= 15 is 0 Å². The van der Waals surface area contributed by atoms with E-state index in [1.807, 2.05) is 0 Å². The van der Waals surface area contributed by atoms with Crippen LogP contribution >= 0.6 is 0 Å². The van der Waals surface area contributed by atoms with Crippen LogP contribution in [0.1, 0.15) is 45.4 Å². The molecule has 1 aliphatic carbocycles. The summed E-state index contributed by atoms with van der Waals surface area (Å²) in [5, 5.41) is 9.68. The van der Waals surface area contributed by atoms with Gasteiger partial charge in [-0.1, -0.05) is 26.2 Å². The van der Waals surface area contributed by atoms with Gasteiger partial charge in [-0.3, -0.25) is 0 Å². The third kappa shape index (κ3) is 2.98. The molecule has 1 radical (unpaired) electrons. The van der Waals surface area contributed by atoms with Crippen molar-refractivity contribution in [1.29, 1.82) is 0 Å². The van der Waals surface area contributed by atoms with Crippen molar-refractivity contribution in [2.24, 2.45) is 0 Å². The second-order valence-electron chi connectivity index (χ2n) is 3.14. The first-order valence-electron chi connectivity index (χ1n) is 3.99. The van der Waals surface area contributed by atoms with Gasteiger partial charge in [0.25, 0.3) is 0 Å². The third-order valence-corrected chi connectivity index (χ3v) is 2.44. The summed E-state index contributed by atoms with van der Waals surface area (Å²) < 4.78 is 0. The van der Waals surface area contributed by atoms with Crippen molar-refractivity contribution in [3.63, 3.8) is 0 Å². The van der Waals surface area contributed by atoms with Crippen molar-refractivity contribution in [3.05, 3.63) is 0 Å². The molecule has 0 atom stereocenters. The summed E-state index contributed by atoms with van der Waals surface area (Å²) in [5.74, 6) is 0. The maximum absolute atomic E-state index is 9.68. The first-order chi connectivity index (χ1) is 4.27. The van der Waals surface area contributed by atoms with Gasteiger partial charge < -0.3 is 5.11 Å². The number of aliphatic hydroxyl groups is 1. The molecule has 0 spiro atoms. The van der Waals surface area contributed by atoms with Gasteiger partial charge in [-0.05, 0) is 19.3 Å². The standard InChI is InChI=1S/C8H16O.Y/c1-2-8(9)6-4-3-5-7-8;/h9H,2-7H2,1H3;. The molecule has 0 heterocycles. The minimum Gasteiger partial charge on any atom is -0.390 e. The Balaban J connectivity index is 0.000000810. The minimum absolute atomic E-state index is 0. The van der Waals surface area contributed by atoms with E-state index in [1.165, 1.54) is 19.3 Å². The molecule has 0 bridgehead atoms. The molecule has 0 saturated heterocycles. The Bertz CT molecular complexity index is 87.3. The Kier molecular flexibility index (Phi) is 5.36. The first kappa shape index (κ1) is 11.1. The molecule has 1 nitrogen and oxygen atoms in total. The van der Waals surface area contributed by atoms with Crippen molar-refractivity contribution in [2.75, 3.05) is 0 Å². The molecule has 1 aliphatic rings. The van der Waals surface area contributed by atoms with E-state index < -0.39 is 0 Å². The zero-order valence-corrected chi connectivity index (χ0v) is 9.61. The molecule has 10 heavy (non-hydrogen) atoms. The second-order valence-corrected chi connectivity index (χ2v) is 3.14. The Morgan fingerprint density at radius 2 is 1.70 bits per heavy atom. The Morgan fingerprint density at radius 1 is 1.20 bits per heavy atom. The summed E-state index contributed by atoms with van der Waals surface area (Å²) in [6.45, 7) is 2.07. The smallest absolute Gasteiger partial charge is 0.0645 e. The molecule has 0 unspecified atom stereocenters. The molecular formula is C8H16OY. The fraction of sp³-hybridized carbons (Fsp3) is 1.00. The van der Waals surface area contributed by atoms with Crippen LogP contribution in [-0.2, 0) is 32.7 Å². The average Bonchev–Trinajstić information content (AvgIpc) is 1.90. The quantitative estimate of drug-likeness (QED) is 0.713. The Morgan fingerprint density at radius 3 is 2.00 bits per heavy atom. The summed E-state index contributed by atoms with van der Waals surface area (Å²) in [6, 6.07) is 0.